The van der Waals surface area contributed by atoms with Gasteiger partial charge in [-0.05, 0) is 36.1 Å². The van der Waals surface area contributed by atoms with Crippen molar-refractivity contribution in [1.29, 1.82) is 0 Å². The number of carbonyl (C=O) groups excluding carboxylic acids is 1. The van der Waals surface area contributed by atoms with Gasteiger partial charge < -0.3 is 13.7 Å². The standard InChI is InChI=1S/C26H18N2O5/c1-14-13-20(27-33-14)28-22(16-7-10-17(31-2)11-8-16)21-23(29)19-12-9-15-5-3-4-6-18(15)24(19)32-25(21)26(28)30/h3-13,22H,1-2H3/t22-/m1/s1. The smallest absolute Gasteiger partial charge is 0.296 e. The quantitative estimate of drug-likeness (QED) is 0.369. The van der Waals surface area contributed by atoms with Crippen LogP contribution in [-0.2, 0) is 0 Å². The van der Waals surface area contributed by atoms with Crippen molar-refractivity contribution in [2.75, 3.05) is 12.0 Å². The van der Waals surface area contributed by atoms with E-state index < -0.39 is 11.9 Å². The van der Waals surface area contributed by atoms with E-state index in [2.05, 4.69) is 5.16 Å². The average Bonchev–Trinajstić information content (AvgIpc) is 3.40. The van der Waals surface area contributed by atoms with Crippen LogP contribution in [-0.4, -0.2) is 18.2 Å². The molecule has 33 heavy (non-hydrogen) atoms. The number of amides is 1. The molecule has 0 N–H and O–H groups in total. The van der Waals surface area contributed by atoms with Crippen LogP contribution in [0.3, 0.4) is 0 Å². The summed E-state index contributed by atoms with van der Waals surface area (Å²) in [6.45, 7) is 1.75. The van der Waals surface area contributed by atoms with Gasteiger partial charge >= 0.3 is 0 Å². The van der Waals surface area contributed by atoms with Crippen LogP contribution in [0.4, 0.5) is 5.82 Å². The van der Waals surface area contributed by atoms with Crippen LogP contribution in [0.2, 0.25) is 0 Å². The van der Waals surface area contributed by atoms with Crippen LogP contribution in [0.15, 0.2) is 80.5 Å². The first-order chi connectivity index (χ1) is 16.1. The summed E-state index contributed by atoms with van der Waals surface area (Å²) in [6.07, 6.45) is 0. The summed E-state index contributed by atoms with van der Waals surface area (Å²) in [4.78, 5) is 28.9. The highest BCUT2D eigenvalue weighted by molar-refractivity contribution is 6.12. The van der Waals surface area contributed by atoms with Crippen LogP contribution in [0.1, 0.15) is 33.5 Å². The molecule has 0 aliphatic carbocycles. The second kappa shape index (κ2) is 7.06. The fourth-order valence-corrected chi connectivity index (χ4v) is 4.51. The third kappa shape index (κ3) is 2.79. The second-order valence-corrected chi connectivity index (χ2v) is 7.98. The van der Waals surface area contributed by atoms with Gasteiger partial charge in [-0.3, -0.25) is 14.5 Å². The molecule has 1 atom stereocenters. The minimum atomic E-state index is -0.713. The number of hydrogen-bond donors (Lipinski definition) is 0. The number of methoxy groups -OCH3 is 1. The Kier molecular flexibility index (Phi) is 4.13. The molecule has 0 spiro atoms. The molecule has 1 amide bonds. The topological polar surface area (TPSA) is 85.8 Å². The van der Waals surface area contributed by atoms with Gasteiger partial charge in [-0.15, -0.1) is 0 Å². The van der Waals surface area contributed by atoms with E-state index in [0.717, 1.165) is 16.3 Å². The van der Waals surface area contributed by atoms with Crippen molar-refractivity contribution in [3.05, 3.63) is 99.6 Å². The largest absolute Gasteiger partial charge is 0.497 e. The predicted octanol–water partition coefficient (Wildman–Crippen LogP) is 5.00. The fourth-order valence-electron chi connectivity index (χ4n) is 4.51. The molecule has 162 valence electrons. The van der Waals surface area contributed by atoms with Gasteiger partial charge in [-0.25, -0.2) is 0 Å². The highest BCUT2D eigenvalue weighted by atomic mass is 16.5. The number of rotatable bonds is 3. The molecule has 0 radical (unpaired) electrons. The molecular formula is C26H18N2O5. The molecule has 1 aliphatic rings. The van der Waals surface area contributed by atoms with Crippen LogP contribution < -0.4 is 15.1 Å². The van der Waals surface area contributed by atoms with Crippen molar-refractivity contribution in [1.82, 2.24) is 5.16 Å². The Labute approximate surface area is 187 Å². The maximum Gasteiger partial charge on any atom is 0.296 e. The van der Waals surface area contributed by atoms with Gasteiger partial charge in [-0.1, -0.05) is 47.6 Å². The zero-order valence-electron chi connectivity index (χ0n) is 17.9. The number of carbonyl (C=O) groups is 1. The number of ether oxygens (including phenoxy) is 1. The summed E-state index contributed by atoms with van der Waals surface area (Å²) in [5, 5.41) is 6.18. The zero-order valence-corrected chi connectivity index (χ0v) is 17.9. The molecule has 0 saturated heterocycles. The second-order valence-electron chi connectivity index (χ2n) is 7.98. The number of fused-ring (bicyclic) bond motifs is 4. The molecule has 0 bridgehead atoms. The van der Waals surface area contributed by atoms with Gasteiger partial charge in [-0.2, -0.15) is 0 Å². The maximum absolute atomic E-state index is 13.8. The summed E-state index contributed by atoms with van der Waals surface area (Å²) in [5.41, 5.74) is 1.18. The molecule has 5 aromatic rings. The van der Waals surface area contributed by atoms with E-state index in [9.17, 15) is 9.59 Å². The van der Waals surface area contributed by atoms with Crippen molar-refractivity contribution < 1.29 is 18.5 Å². The number of aromatic nitrogens is 1. The third-order valence-electron chi connectivity index (χ3n) is 6.06. The zero-order chi connectivity index (χ0) is 22.7. The Morgan fingerprint density at radius 3 is 2.48 bits per heavy atom. The van der Waals surface area contributed by atoms with Gasteiger partial charge in [0, 0.05) is 11.5 Å². The van der Waals surface area contributed by atoms with Gasteiger partial charge in [0.1, 0.15) is 17.1 Å². The van der Waals surface area contributed by atoms with Crippen LogP contribution >= 0.6 is 0 Å². The molecule has 1 aliphatic heterocycles. The molecule has 0 fully saturated rings. The van der Waals surface area contributed by atoms with E-state index in [1.807, 2.05) is 42.5 Å². The summed E-state index contributed by atoms with van der Waals surface area (Å²) in [7, 11) is 1.58. The van der Waals surface area contributed by atoms with Gasteiger partial charge in [0.2, 0.25) is 5.76 Å². The van der Waals surface area contributed by atoms with E-state index in [1.54, 1.807) is 38.3 Å². The summed E-state index contributed by atoms with van der Waals surface area (Å²) >= 11 is 0. The van der Waals surface area contributed by atoms with Crippen LogP contribution in [0.5, 0.6) is 5.75 Å². The van der Waals surface area contributed by atoms with Gasteiger partial charge in [0.05, 0.1) is 24.1 Å². The van der Waals surface area contributed by atoms with Crippen LogP contribution in [0.25, 0.3) is 21.7 Å². The Morgan fingerprint density at radius 1 is 0.970 bits per heavy atom. The molecule has 7 nitrogen and oxygen atoms in total. The first kappa shape index (κ1) is 19.3. The lowest BCUT2D eigenvalue weighted by Crippen LogP contribution is -2.29. The summed E-state index contributed by atoms with van der Waals surface area (Å²) in [5.74, 6) is 1.12. The highest BCUT2D eigenvalue weighted by Crippen LogP contribution is 2.42. The number of hydrogen-bond acceptors (Lipinski definition) is 6. The lowest BCUT2D eigenvalue weighted by Gasteiger charge is -2.22. The predicted molar refractivity (Wildman–Crippen MR) is 123 cm³/mol. The van der Waals surface area contributed by atoms with Crippen molar-refractivity contribution in [2.45, 2.75) is 13.0 Å². The minimum Gasteiger partial charge on any atom is -0.497 e. The molecule has 3 aromatic carbocycles. The Balaban J connectivity index is 1.66. The third-order valence-corrected chi connectivity index (χ3v) is 6.06. The Hall–Kier alpha value is -4.39. The molecular weight excluding hydrogens is 420 g/mol. The van der Waals surface area contributed by atoms with E-state index in [1.165, 1.54) is 4.90 Å². The lowest BCUT2D eigenvalue weighted by molar-refractivity contribution is 0.0969. The molecule has 0 unspecified atom stereocenters. The Morgan fingerprint density at radius 2 is 1.76 bits per heavy atom. The van der Waals surface area contributed by atoms with E-state index in [4.69, 9.17) is 13.7 Å². The first-order valence-electron chi connectivity index (χ1n) is 10.5. The normalized spacial score (nSPS) is 15.4. The molecule has 3 heterocycles. The van der Waals surface area contributed by atoms with Crippen molar-refractivity contribution in [3.63, 3.8) is 0 Å². The SMILES string of the molecule is COc1ccc([C@@H]2c3c(oc4c(ccc5ccccc54)c3=O)C(=O)N2c2cc(C)on2)cc1. The molecule has 2 aromatic heterocycles. The number of aryl methyl sites for hydroxylation is 1. The summed E-state index contributed by atoms with van der Waals surface area (Å²) < 4.78 is 16.7. The fraction of sp³-hybridized carbons (Fsp3) is 0.115. The maximum atomic E-state index is 13.8. The van der Waals surface area contributed by atoms with E-state index >= 15 is 0 Å². The van der Waals surface area contributed by atoms with Gasteiger partial charge in [0.15, 0.2) is 11.2 Å². The average molecular weight is 438 g/mol. The number of anilines is 1. The van der Waals surface area contributed by atoms with E-state index in [-0.39, 0.29) is 16.8 Å². The van der Waals surface area contributed by atoms with Crippen molar-refractivity contribution in [3.8, 4) is 5.75 Å². The van der Waals surface area contributed by atoms with Crippen molar-refractivity contribution in [2.24, 2.45) is 0 Å². The molecule has 7 heteroatoms. The first-order valence-corrected chi connectivity index (χ1v) is 10.5. The highest BCUT2D eigenvalue weighted by Gasteiger charge is 2.45. The van der Waals surface area contributed by atoms with Crippen LogP contribution in [0, 0.1) is 6.92 Å². The minimum absolute atomic E-state index is 0.0188. The molecule has 0 saturated carbocycles. The molecule has 6 rings (SSSR count). The lowest BCUT2D eigenvalue weighted by atomic mass is 9.97. The number of nitrogens with zero attached hydrogens (tertiary/aromatic N) is 2. The van der Waals surface area contributed by atoms with Crippen molar-refractivity contribution >= 4 is 33.5 Å². The van der Waals surface area contributed by atoms with E-state index in [0.29, 0.717) is 28.3 Å². The summed E-state index contributed by atoms with van der Waals surface area (Å²) in [6, 6.07) is 19.4. The van der Waals surface area contributed by atoms with Gasteiger partial charge in [0.25, 0.3) is 5.91 Å². The number of benzene rings is 3. The Bertz CT molecular complexity index is 1610. The monoisotopic (exact) mass is 438 g/mol.